The van der Waals surface area contributed by atoms with Crippen LogP contribution in [0.25, 0.3) is 0 Å². The molecule has 45 heavy (non-hydrogen) atoms. The first kappa shape index (κ1) is 30.9. The summed E-state index contributed by atoms with van der Waals surface area (Å²) in [6.07, 6.45) is 8.52. The first-order valence-corrected chi connectivity index (χ1v) is 18.3. The standard InChI is InChI=1S/C34H37Cl2FN4O3S/c1-21-5-7-25(37)19-27(21)32-34(28-8-6-24(36)18-30(28)38-33(34)42)29(22-3-2-4-23(35)17-22)20-31(39-32)41-13-11-40(12-14-41)26-9-15-45(43,44)16-10-26/h2-8,18-19,22,26,29,32H,9-17,20H2,1H3,(H,38,42)/t22?,29-,32+,34-/m0/s1. The van der Waals surface area contributed by atoms with E-state index in [-0.39, 0.29) is 41.1 Å². The summed E-state index contributed by atoms with van der Waals surface area (Å²) in [5.74, 6) is 0.623. The monoisotopic (exact) mass is 670 g/mol. The number of fused-ring (bicyclic) bond motifs is 2. The van der Waals surface area contributed by atoms with Crippen LogP contribution in [0.5, 0.6) is 0 Å². The second-order valence-corrected chi connectivity index (χ2v) is 16.3. The number of carbonyl (C=O) groups is 1. The van der Waals surface area contributed by atoms with E-state index in [1.807, 2.05) is 31.2 Å². The molecule has 11 heteroatoms. The van der Waals surface area contributed by atoms with Gasteiger partial charge in [0.1, 0.15) is 26.9 Å². The van der Waals surface area contributed by atoms with E-state index in [0.717, 1.165) is 48.2 Å². The van der Waals surface area contributed by atoms with Gasteiger partial charge < -0.3 is 10.2 Å². The molecule has 5 aliphatic rings. The number of aryl methyl sites for hydroxylation is 1. The highest BCUT2D eigenvalue weighted by Crippen LogP contribution is 2.59. The Bertz CT molecular complexity index is 1720. The summed E-state index contributed by atoms with van der Waals surface area (Å²) >= 11 is 13.0. The lowest BCUT2D eigenvalue weighted by Gasteiger charge is -2.50. The maximum Gasteiger partial charge on any atom is 0.237 e. The van der Waals surface area contributed by atoms with Crippen molar-refractivity contribution >= 4 is 50.5 Å². The lowest BCUT2D eigenvalue weighted by Crippen LogP contribution is -2.57. The summed E-state index contributed by atoms with van der Waals surface area (Å²) in [6, 6.07) is 9.86. The van der Waals surface area contributed by atoms with Crippen molar-refractivity contribution in [1.82, 2.24) is 9.80 Å². The first-order valence-electron chi connectivity index (χ1n) is 15.7. The topological polar surface area (TPSA) is 82.1 Å². The van der Waals surface area contributed by atoms with E-state index in [9.17, 15) is 17.6 Å². The number of halogens is 3. The van der Waals surface area contributed by atoms with Crippen LogP contribution in [0.4, 0.5) is 10.1 Å². The average Bonchev–Trinajstić information content (AvgIpc) is 3.29. The van der Waals surface area contributed by atoms with Gasteiger partial charge in [0.25, 0.3) is 0 Å². The van der Waals surface area contributed by atoms with Gasteiger partial charge >= 0.3 is 0 Å². The number of nitrogens with one attached hydrogen (secondary N) is 1. The van der Waals surface area contributed by atoms with Gasteiger partial charge in [-0.2, -0.15) is 0 Å². The molecule has 0 bridgehead atoms. The molecule has 4 atom stereocenters. The van der Waals surface area contributed by atoms with Gasteiger partial charge in [-0.3, -0.25) is 14.7 Å². The number of rotatable bonds is 3. The van der Waals surface area contributed by atoms with E-state index in [2.05, 4.69) is 21.2 Å². The minimum atomic E-state index is -2.92. The van der Waals surface area contributed by atoms with Crippen molar-refractivity contribution in [2.75, 3.05) is 43.0 Å². The van der Waals surface area contributed by atoms with Gasteiger partial charge in [0.15, 0.2) is 0 Å². The van der Waals surface area contributed by atoms with Crippen molar-refractivity contribution < 1.29 is 17.6 Å². The molecule has 1 aliphatic carbocycles. The van der Waals surface area contributed by atoms with Crippen LogP contribution in [-0.2, 0) is 20.0 Å². The minimum Gasteiger partial charge on any atom is -0.358 e. The highest BCUT2D eigenvalue weighted by atomic mass is 35.5. The summed E-state index contributed by atoms with van der Waals surface area (Å²) in [5.41, 5.74) is 1.95. The molecule has 4 heterocycles. The number of amides is 1. The SMILES string of the molecule is Cc1ccc(F)cc1[C@H]1N=C(N2CCN(C3CCS(=O)(=O)CC3)CC2)C[C@@H](C2C=CC=C(Cl)C2)[C@]12C(=O)Nc1cc(Cl)ccc12. The second-order valence-electron chi connectivity index (χ2n) is 13.0. The molecule has 238 valence electrons. The molecule has 0 radical (unpaired) electrons. The molecule has 2 saturated heterocycles. The third kappa shape index (κ3) is 5.53. The Morgan fingerprint density at radius 3 is 2.51 bits per heavy atom. The Kier molecular flexibility index (Phi) is 8.12. The number of benzene rings is 2. The van der Waals surface area contributed by atoms with Gasteiger partial charge in [-0.25, -0.2) is 12.8 Å². The maximum atomic E-state index is 15.0. The number of hydrogen-bond acceptors (Lipinski definition) is 6. The molecule has 7 nitrogen and oxygen atoms in total. The Labute approximate surface area is 274 Å². The predicted octanol–water partition coefficient (Wildman–Crippen LogP) is 6.03. The molecular formula is C34H37Cl2FN4O3S. The third-order valence-corrected chi connectivity index (χ3v) is 12.8. The number of sulfone groups is 1. The molecule has 1 N–H and O–H groups in total. The Morgan fingerprint density at radius 1 is 1.02 bits per heavy atom. The van der Waals surface area contributed by atoms with Crippen LogP contribution in [0, 0.1) is 24.6 Å². The fourth-order valence-corrected chi connectivity index (χ4v) is 10.2. The van der Waals surface area contributed by atoms with Crippen molar-refractivity contribution in [2.24, 2.45) is 16.8 Å². The number of aliphatic imine (C=N–C) groups is 1. The molecule has 2 aromatic carbocycles. The zero-order valence-corrected chi connectivity index (χ0v) is 27.5. The number of piperazine rings is 1. The van der Waals surface area contributed by atoms with E-state index < -0.39 is 21.3 Å². The van der Waals surface area contributed by atoms with E-state index in [4.69, 9.17) is 28.2 Å². The molecular weight excluding hydrogens is 634 g/mol. The number of amidine groups is 1. The fraction of sp³-hybridized carbons (Fsp3) is 0.471. The number of allylic oxidation sites excluding steroid dienone is 4. The molecule has 4 aliphatic heterocycles. The minimum absolute atomic E-state index is 0.0535. The molecule has 0 aromatic heterocycles. The smallest absolute Gasteiger partial charge is 0.237 e. The number of carbonyl (C=O) groups excluding carboxylic acids is 1. The van der Waals surface area contributed by atoms with Crippen LogP contribution in [0.3, 0.4) is 0 Å². The maximum absolute atomic E-state index is 15.0. The zero-order valence-electron chi connectivity index (χ0n) is 25.2. The van der Waals surface area contributed by atoms with Crippen LogP contribution >= 0.6 is 23.2 Å². The normalized spacial score (nSPS) is 30.2. The second kappa shape index (κ2) is 11.8. The molecule has 2 fully saturated rings. The van der Waals surface area contributed by atoms with Crippen LogP contribution in [0.15, 0.2) is 64.7 Å². The van der Waals surface area contributed by atoms with Crippen LogP contribution in [0.2, 0.25) is 5.02 Å². The van der Waals surface area contributed by atoms with Crippen molar-refractivity contribution in [3.63, 3.8) is 0 Å². The van der Waals surface area contributed by atoms with Crippen molar-refractivity contribution in [2.45, 2.75) is 50.1 Å². The lowest BCUT2D eigenvalue weighted by atomic mass is 9.57. The fourth-order valence-electron chi connectivity index (χ4n) is 8.28. The molecule has 1 amide bonds. The number of hydrogen-bond donors (Lipinski definition) is 1. The summed E-state index contributed by atoms with van der Waals surface area (Å²) in [6.45, 7) is 5.05. The third-order valence-electron chi connectivity index (χ3n) is 10.6. The number of anilines is 1. The van der Waals surface area contributed by atoms with E-state index >= 15 is 0 Å². The Hall–Kier alpha value is -2.72. The van der Waals surface area contributed by atoms with Gasteiger partial charge in [0.2, 0.25) is 5.91 Å². The molecule has 1 unspecified atom stereocenters. The van der Waals surface area contributed by atoms with Crippen molar-refractivity contribution in [3.8, 4) is 0 Å². The van der Waals surface area contributed by atoms with Crippen LogP contribution in [0.1, 0.15) is 48.4 Å². The van der Waals surface area contributed by atoms with Crippen molar-refractivity contribution in [1.29, 1.82) is 0 Å². The molecule has 2 aromatic rings. The summed E-state index contributed by atoms with van der Waals surface area (Å²) in [4.78, 5) is 24.7. The Balaban J connectivity index is 1.31. The van der Waals surface area contributed by atoms with Gasteiger partial charge in [-0.15, -0.1) is 0 Å². The summed E-state index contributed by atoms with van der Waals surface area (Å²) in [5, 5.41) is 4.39. The average molecular weight is 672 g/mol. The lowest BCUT2D eigenvalue weighted by molar-refractivity contribution is -0.124. The zero-order chi connectivity index (χ0) is 31.5. The van der Waals surface area contributed by atoms with E-state index in [0.29, 0.717) is 42.0 Å². The van der Waals surface area contributed by atoms with E-state index in [1.54, 1.807) is 12.1 Å². The van der Waals surface area contributed by atoms with Crippen LogP contribution in [-0.4, -0.2) is 73.7 Å². The van der Waals surface area contributed by atoms with Crippen LogP contribution < -0.4 is 5.32 Å². The Morgan fingerprint density at radius 2 is 1.78 bits per heavy atom. The van der Waals surface area contributed by atoms with E-state index in [1.165, 1.54) is 12.1 Å². The highest BCUT2D eigenvalue weighted by Gasteiger charge is 2.62. The first-order chi connectivity index (χ1) is 21.5. The molecule has 0 saturated carbocycles. The largest absolute Gasteiger partial charge is 0.358 e. The predicted molar refractivity (Wildman–Crippen MR) is 177 cm³/mol. The highest BCUT2D eigenvalue weighted by molar-refractivity contribution is 7.91. The van der Waals surface area contributed by atoms with Gasteiger partial charge in [-0.1, -0.05) is 47.5 Å². The van der Waals surface area contributed by atoms with Gasteiger partial charge in [0, 0.05) is 54.4 Å². The van der Waals surface area contributed by atoms with Crippen molar-refractivity contribution in [3.05, 3.63) is 87.2 Å². The summed E-state index contributed by atoms with van der Waals surface area (Å²) < 4.78 is 39.0. The quantitative estimate of drug-likeness (QED) is 0.431. The van der Waals surface area contributed by atoms with Gasteiger partial charge in [-0.05, 0) is 85.1 Å². The number of nitrogens with zero attached hydrogens (tertiary/aromatic N) is 3. The molecule has 1 spiro atoms. The van der Waals surface area contributed by atoms with Gasteiger partial charge in [0.05, 0.1) is 17.5 Å². The molecule has 7 rings (SSSR count). The summed E-state index contributed by atoms with van der Waals surface area (Å²) in [7, 11) is -2.92.